The Balaban J connectivity index is 2.62. The van der Waals surface area contributed by atoms with Gasteiger partial charge in [-0.3, -0.25) is 0 Å². The lowest BCUT2D eigenvalue weighted by Gasteiger charge is -2.06. The van der Waals surface area contributed by atoms with Crippen LogP contribution in [0.3, 0.4) is 0 Å². The van der Waals surface area contributed by atoms with Crippen LogP contribution in [0.1, 0.15) is 23.7 Å². The summed E-state index contributed by atoms with van der Waals surface area (Å²) >= 11 is 1.36. The van der Waals surface area contributed by atoms with E-state index in [2.05, 4.69) is 4.98 Å². The summed E-state index contributed by atoms with van der Waals surface area (Å²) in [4.78, 5) is 14.7. The van der Waals surface area contributed by atoms with E-state index in [1.54, 1.807) is 0 Å². The molecular formula is C10H13NO3S. The van der Waals surface area contributed by atoms with Crippen molar-refractivity contribution in [2.45, 2.75) is 24.5 Å². The summed E-state index contributed by atoms with van der Waals surface area (Å²) in [5.74, 6) is -0.428. The van der Waals surface area contributed by atoms with Crippen molar-refractivity contribution in [3.63, 3.8) is 0 Å². The number of hydrogen-bond acceptors (Lipinski definition) is 4. The van der Waals surface area contributed by atoms with Gasteiger partial charge in [0, 0.05) is 11.9 Å². The molecule has 0 saturated carbocycles. The highest BCUT2D eigenvalue weighted by Gasteiger charge is 2.06. The van der Waals surface area contributed by atoms with Crippen LogP contribution in [0, 0.1) is 0 Å². The first-order chi connectivity index (χ1) is 7.13. The maximum Gasteiger partial charge on any atom is 0.335 e. The number of rotatable bonds is 5. The van der Waals surface area contributed by atoms with Crippen molar-refractivity contribution in [1.29, 1.82) is 0 Å². The number of aliphatic hydroxyl groups excluding tert-OH is 1. The molecule has 0 spiro atoms. The molecule has 15 heavy (non-hydrogen) atoms. The average Bonchev–Trinajstić information content (AvgIpc) is 2.26. The molecule has 0 aliphatic rings. The summed E-state index contributed by atoms with van der Waals surface area (Å²) in [6, 6.07) is 2.96. The molecule has 1 atom stereocenters. The predicted octanol–water partition coefficient (Wildman–Crippen LogP) is 1.64. The fraction of sp³-hybridized carbons (Fsp3) is 0.400. The smallest absolute Gasteiger partial charge is 0.335 e. The SMILES string of the molecule is CCC(O)CSc1cc(C(=O)O)ccn1. The molecule has 0 aliphatic carbocycles. The van der Waals surface area contributed by atoms with Gasteiger partial charge < -0.3 is 10.2 Å². The molecule has 0 saturated heterocycles. The quantitative estimate of drug-likeness (QED) is 0.748. The Morgan fingerprint density at radius 3 is 3.00 bits per heavy atom. The second-order valence-corrected chi connectivity index (χ2v) is 4.10. The number of aliphatic hydroxyl groups is 1. The van der Waals surface area contributed by atoms with E-state index >= 15 is 0 Å². The third-order valence-electron chi connectivity index (χ3n) is 1.88. The first-order valence-electron chi connectivity index (χ1n) is 4.63. The van der Waals surface area contributed by atoms with Crippen LogP contribution in [0.4, 0.5) is 0 Å². The van der Waals surface area contributed by atoms with Gasteiger partial charge in [0.15, 0.2) is 0 Å². The molecule has 0 radical (unpaired) electrons. The second kappa shape index (κ2) is 5.72. The monoisotopic (exact) mass is 227 g/mol. The van der Waals surface area contributed by atoms with E-state index in [1.165, 1.54) is 30.1 Å². The standard InChI is InChI=1S/C10H13NO3S/c1-2-8(12)6-15-9-5-7(10(13)14)3-4-11-9/h3-5,8,12H,2,6H2,1H3,(H,13,14). The number of aromatic nitrogens is 1. The van der Waals surface area contributed by atoms with Crippen molar-refractivity contribution in [2.24, 2.45) is 0 Å². The fourth-order valence-corrected chi connectivity index (χ4v) is 1.87. The van der Waals surface area contributed by atoms with Crippen LogP contribution in [0.15, 0.2) is 23.4 Å². The van der Waals surface area contributed by atoms with Gasteiger partial charge in [0.05, 0.1) is 16.7 Å². The number of thioether (sulfide) groups is 1. The molecular weight excluding hydrogens is 214 g/mol. The molecule has 1 aromatic heterocycles. The first kappa shape index (κ1) is 12.0. The lowest BCUT2D eigenvalue weighted by molar-refractivity contribution is 0.0696. The Kier molecular flexibility index (Phi) is 4.58. The Morgan fingerprint density at radius 1 is 1.67 bits per heavy atom. The Hall–Kier alpha value is -1.07. The van der Waals surface area contributed by atoms with E-state index in [4.69, 9.17) is 5.11 Å². The van der Waals surface area contributed by atoms with Crippen LogP contribution in [-0.2, 0) is 0 Å². The Labute approximate surface area is 92.3 Å². The van der Waals surface area contributed by atoms with Crippen LogP contribution in [0.25, 0.3) is 0 Å². The first-order valence-corrected chi connectivity index (χ1v) is 5.62. The summed E-state index contributed by atoms with van der Waals surface area (Å²) in [5.41, 5.74) is 0.221. The molecule has 0 amide bonds. The number of carboxylic acids is 1. The largest absolute Gasteiger partial charge is 0.478 e. The molecule has 1 unspecified atom stereocenters. The van der Waals surface area contributed by atoms with Gasteiger partial charge in [-0.2, -0.15) is 0 Å². The van der Waals surface area contributed by atoms with E-state index in [0.29, 0.717) is 17.2 Å². The zero-order valence-electron chi connectivity index (χ0n) is 8.38. The van der Waals surface area contributed by atoms with Crippen LogP contribution < -0.4 is 0 Å². The van der Waals surface area contributed by atoms with Gasteiger partial charge in [0.1, 0.15) is 0 Å². The minimum Gasteiger partial charge on any atom is -0.478 e. The summed E-state index contributed by atoms with van der Waals surface area (Å²) in [5, 5.41) is 18.7. The maximum absolute atomic E-state index is 10.7. The van der Waals surface area contributed by atoms with Gasteiger partial charge in [-0.25, -0.2) is 9.78 Å². The molecule has 2 N–H and O–H groups in total. The van der Waals surface area contributed by atoms with Crippen molar-refractivity contribution in [2.75, 3.05) is 5.75 Å². The van der Waals surface area contributed by atoms with Crippen LogP contribution in [-0.4, -0.2) is 33.0 Å². The number of pyridine rings is 1. The molecule has 5 heteroatoms. The van der Waals surface area contributed by atoms with Crippen molar-refractivity contribution >= 4 is 17.7 Å². The summed E-state index contributed by atoms with van der Waals surface area (Å²) in [7, 11) is 0. The number of nitrogens with zero attached hydrogens (tertiary/aromatic N) is 1. The molecule has 1 aromatic rings. The lowest BCUT2D eigenvalue weighted by Crippen LogP contribution is -2.07. The van der Waals surface area contributed by atoms with Gasteiger partial charge in [0.2, 0.25) is 0 Å². The average molecular weight is 227 g/mol. The zero-order valence-corrected chi connectivity index (χ0v) is 9.20. The van der Waals surface area contributed by atoms with E-state index in [1.807, 2.05) is 6.92 Å². The van der Waals surface area contributed by atoms with E-state index in [0.717, 1.165) is 0 Å². The fourth-order valence-electron chi connectivity index (χ4n) is 0.921. The molecule has 4 nitrogen and oxygen atoms in total. The molecule has 0 bridgehead atoms. The minimum atomic E-state index is -0.963. The van der Waals surface area contributed by atoms with E-state index in [-0.39, 0.29) is 11.7 Å². The number of hydrogen-bond donors (Lipinski definition) is 2. The molecule has 0 fully saturated rings. The number of aromatic carboxylic acids is 1. The third kappa shape index (κ3) is 3.89. The van der Waals surface area contributed by atoms with E-state index < -0.39 is 5.97 Å². The highest BCUT2D eigenvalue weighted by atomic mass is 32.2. The van der Waals surface area contributed by atoms with Gasteiger partial charge in [-0.1, -0.05) is 6.92 Å². The zero-order chi connectivity index (χ0) is 11.3. The Morgan fingerprint density at radius 2 is 2.40 bits per heavy atom. The van der Waals surface area contributed by atoms with Crippen molar-refractivity contribution in [1.82, 2.24) is 4.98 Å². The van der Waals surface area contributed by atoms with Crippen molar-refractivity contribution in [3.05, 3.63) is 23.9 Å². The van der Waals surface area contributed by atoms with Crippen LogP contribution in [0.2, 0.25) is 0 Å². The van der Waals surface area contributed by atoms with Crippen molar-refractivity contribution < 1.29 is 15.0 Å². The highest BCUT2D eigenvalue weighted by Crippen LogP contribution is 2.17. The van der Waals surface area contributed by atoms with Gasteiger partial charge in [-0.05, 0) is 18.6 Å². The molecule has 1 rings (SSSR count). The van der Waals surface area contributed by atoms with Gasteiger partial charge in [0.25, 0.3) is 0 Å². The van der Waals surface area contributed by atoms with Crippen molar-refractivity contribution in [3.8, 4) is 0 Å². The van der Waals surface area contributed by atoms with Crippen LogP contribution in [0.5, 0.6) is 0 Å². The molecule has 0 aliphatic heterocycles. The maximum atomic E-state index is 10.7. The number of carboxylic acid groups (broad SMARTS) is 1. The lowest BCUT2D eigenvalue weighted by atomic mass is 10.3. The van der Waals surface area contributed by atoms with Gasteiger partial charge >= 0.3 is 5.97 Å². The summed E-state index contributed by atoms with van der Waals surface area (Å²) < 4.78 is 0. The number of carbonyl (C=O) groups is 1. The predicted molar refractivity (Wildman–Crippen MR) is 58.2 cm³/mol. The van der Waals surface area contributed by atoms with Crippen LogP contribution >= 0.6 is 11.8 Å². The molecule has 82 valence electrons. The third-order valence-corrected chi connectivity index (χ3v) is 2.95. The second-order valence-electron chi connectivity index (χ2n) is 3.06. The summed E-state index contributed by atoms with van der Waals surface area (Å²) in [6.07, 6.45) is 1.78. The molecule has 1 heterocycles. The summed E-state index contributed by atoms with van der Waals surface area (Å²) in [6.45, 7) is 1.90. The van der Waals surface area contributed by atoms with E-state index in [9.17, 15) is 9.90 Å². The Bertz CT molecular complexity index is 343. The minimum absolute atomic E-state index is 0.221. The topological polar surface area (TPSA) is 70.4 Å². The highest BCUT2D eigenvalue weighted by molar-refractivity contribution is 7.99. The normalized spacial score (nSPS) is 12.4. The molecule has 0 aromatic carbocycles. The van der Waals surface area contributed by atoms with Gasteiger partial charge in [-0.15, -0.1) is 11.8 Å².